The molecule has 0 saturated heterocycles. The Labute approximate surface area is 101 Å². The number of hydrogen-bond acceptors (Lipinski definition) is 4. The van der Waals surface area contributed by atoms with Crippen LogP contribution in [0.5, 0.6) is 0 Å². The second-order valence-electron chi connectivity index (χ2n) is 3.96. The van der Waals surface area contributed by atoms with Crippen LogP contribution in [0.4, 0.5) is 5.69 Å². The van der Waals surface area contributed by atoms with Gasteiger partial charge in [-0.3, -0.25) is 0 Å². The maximum Gasteiger partial charge on any atom is 0.175 e. The summed E-state index contributed by atoms with van der Waals surface area (Å²) in [6.07, 6.45) is 2.33. The second kappa shape index (κ2) is 4.30. The van der Waals surface area contributed by atoms with Gasteiger partial charge < -0.3 is 5.32 Å². The van der Waals surface area contributed by atoms with Crippen LogP contribution in [0.25, 0.3) is 0 Å². The molecule has 0 spiro atoms. The van der Waals surface area contributed by atoms with Gasteiger partial charge in [-0.2, -0.15) is 0 Å². The monoisotopic (exact) mass is 257 g/mol. The summed E-state index contributed by atoms with van der Waals surface area (Å²) in [5.74, 6) is 0. The molecule has 0 saturated carbocycles. The predicted molar refractivity (Wildman–Crippen MR) is 68.0 cm³/mol. The van der Waals surface area contributed by atoms with E-state index in [0.717, 1.165) is 23.5 Å². The summed E-state index contributed by atoms with van der Waals surface area (Å²) in [7, 11) is -3.10. The first-order valence-electron chi connectivity index (χ1n) is 5.25. The highest BCUT2D eigenvalue weighted by atomic mass is 32.2. The molecule has 1 aromatic carbocycles. The number of benzene rings is 1. The lowest BCUT2D eigenvalue weighted by Crippen LogP contribution is -2.20. The smallest absolute Gasteiger partial charge is 0.175 e. The van der Waals surface area contributed by atoms with Crippen molar-refractivity contribution in [3.8, 4) is 0 Å². The molecule has 0 bridgehead atoms. The van der Waals surface area contributed by atoms with Gasteiger partial charge in [0.15, 0.2) is 9.84 Å². The fourth-order valence-corrected chi connectivity index (χ4v) is 3.53. The van der Waals surface area contributed by atoms with Crippen LogP contribution < -0.4 is 5.32 Å². The van der Waals surface area contributed by atoms with Crippen molar-refractivity contribution < 1.29 is 8.42 Å². The lowest BCUT2D eigenvalue weighted by molar-refractivity contribution is 0.601. The highest BCUT2D eigenvalue weighted by Crippen LogP contribution is 2.37. The molecule has 1 heterocycles. The zero-order valence-electron chi connectivity index (χ0n) is 9.36. The van der Waals surface area contributed by atoms with Crippen molar-refractivity contribution in [2.75, 3.05) is 18.1 Å². The van der Waals surface area contributed by atoms with Crippen molar-refractivity contribution in [3.05, 3.63) is 18.2 Å². The van der Waals surface area contributed by atoms with Crippen LogP contribution >= 0.6 is 11.8 Å². The van der Waals surface area contributed by atoms with Crippen molar-refractivity contribution in [2.24, 2.45) is 0 Å². The highest BCUT2D eigenvalue weighted by Gasteiger charge is 2.19. The SMILES string of the molecule is CCC1CNc2ccc(S(C)(=O)=O)cc2S1. The quantitative estimate of drug-likeness (QED) is 0.883. The molecule has 3 nitrogen and oxygen atoms in total. The average molecular weight is 257 g/mol. The largest absolute Gasteiger partial charge is 0.383 e. The van der Waals surface area contributed by atoms with Gasteiger partial charge in [0.05, 0.1) is 4.90 Å². The first kappa shape index (κ1) is 11.8. The fraction of sp³-hybridized carbons (Fsp3) is 0.455. The van der Waals surface area contributed by atoms with Crippen LogP contribution in [-0.4, -0.2) is 26.5 Å². The minimum atomic E-state index is -3.10. The zero-order valence-corrected chi connectivity index (χ0v) is 11.0. The standard InChI is InChI=1S/C11H15NO2S2/c1-3-8-7-12-10-5-4-9(16(2,13)14)6-11(10)15-8/h4-6,8,12H,3,7H2,1-2H3. The molecule has 5 heteroatoms. The van der Waals surface area contributed by atoms with Gasteiger partial charge in [0, 0.05) is 28.6 Å². The molecule has 0 aliphatic carbocycles. The molecule has 1 N–H and O–H groups in total. The van der Waals surface area contributed by atoms with Crippen molar-refractivity contribution in [1.82, 2.24) is 0 Å². The third-order valence-electron chi connectivity index (χ3n) is 2.65. The number of hydrogen-bond donors (Lipinski definition) is 1. The van der Waals surface area contributed by atoms with E-state index < -0.39 is 9.84 Å². The van der Waals surface area contributed by atoms with Crippen molar-refractivity contribution >= 4 is 27.3 Å². The summed E-state index contributed by atoms with van der Waals surface area (Å²) in [6, 6.07) is 5.28. The molecule has 0 fully saturated rings. The number of thioether (sulfide) groups is 1. The van der Waals surface area contributed by atoms with Gasteiger partial charge in [-0.15, -0.1) is 11.8 Å². The van der Waals surface area contributed by atoms with Crippen LogP contribution in [0.15, 0.2) is 28.0 Å². The summed E-state index contributed by atoms with van der Waals surface area (Å²) in [5, 5.41) is 3.86. The van der Waals surface area contributed by atoms with Crippen LogP contribution in [-0.2, 0) is 9.84 Å². The molecule has 2 rings (SSSR count). The molecule has 0 aromatic heterocycles. The summed E-state index contributed by atoms with van der Waals surface area (Å²) in [6.45, 7) is 3.09. The maximum absolute atomic E-state index is 11.4. The topological polar surface area (TPSA) is 46.2 Å². The van der Waals surface area contributed by atoms with E-state index in [9.17, 15) is 8.42 Å². The Morgan fingerprint density at radius 3 is 2.88 bits per heavy atom. The highest BCUT2D eigenvalue weighted by molar-refractivity contribution is 8.00. The predicted octanol–water partition coefficient (Wildman–Crippen LogP) is 2.39. The Bertz CT molecular complexity index is 497. The van der Waals surface area contributed by atoms with Gasteiger partial charge in [-0.1, -0.05) is 6.92 Å². The Morgan fingerprint density at radius 2 is 2.25 bits per heavy atom. The minimum absolute atomic E-state index is 0.400. The third kappa shape index (κ3) is 2.35. The van der Waals surface area contributed by atoms with E-state index in [4.69, 9.17) is 0 Å². The summed E-state index contributed by atoms with van der Waals surface area (Å²) in [4.78, 5) is 1.44. The molecule has 16 heavy (non-hydrogen) atoms. The number of nitrogens with one attached hydrogen (secondary N) is 1. The van der Waals surface area contributed by atoms with Crippen LogP contribution in [0.2, 0.25) is 0 Å². The van der Waals surface area contributed by atoms with E-state index in [1.165, 1.54) is 6.26 Å². The number of anilines is 1. The van der Waals surface area contributed by atoms with Crippen molar-refractivity contribution in [3.63, 3.8) is 0 Å². The van der Waals surface area contributed by atoms with E-state index in [1.807, 2.05) is 6.07 Å². The molecule has 1 unspecified atom stereocenters. The minimum Gasteiger partial charge on any atom is -0.383 e. The van der Waals surface area contributed by atoms with Crippen LogP contribution in [0.3, 0.4) is 0 Å². The lowest BCUT2D eigenvalue weighted by atomic mass is 10.2. The Morgan fingerprint density at radius 1 is 1.50 bits per heavy atom. The molecule has 88 valence electrons. The third-order valence-corrected chi connectivity index (χ3v) is 5.19. The van der Waals surface area contributed by atoms with Gasteiger partial charge in [0.25, 0.3) is 0 Å². The summed E-state index contributed by atoms with van der Waals surface area (Å²) in [5.41, 5.74) is 1.04. The number of rotatable bonds is 2. The van der Waals surface area contributed by atoms with Gasteiger partial charge in [-0.25, -0.2) is 8.42 Å². The van der Waals surface area contributed by atoms with E-state index in [-0.39, 0.29) is 0 Å². The Kier molecular flexibility index (Phi) is 3.17. The van der Waals surface area contributed by atoms with Crippen LogP contribution in [0, 0.1) is 0 Å². The molecule has 1 aromatic rings. The molecule has 1 aliphatic heterocycles. The van der Waals surface area contributed by atoms with Gasteiger partial charge in [0.2, 0.25) is 0 Å². The molecule has 0 radical (unpaired) electrons. The first-order chi connectivity index (χ1) is 7.50. The van der Waals surface area contributed by atoms with Gasteiger partial charge in [0.1, 0.15) is 0 Å². The Balaban J connectivity index is 2.38. The molecule has 0 amide bonds. The van der Waals surface area contributed by atoms with E-state index in [1.54, 1.807) is 23.9 Å². The van der Waals surface area contributed by atoms with Crippen molar-refractivity contribution in [2.45, 2.75) is 28.4 Å². The lowest BCUT2D eigenvalue weighted by Gasteiger charge is -2.24. The van der Waals surface area contributed by atoms with Gasteiger partial charge in [-0.05, 0) is 24.6 Å². The second-order valence-corrected chi connectivity index (χ2v) is 7.32. The molecular weight excluding hydrogens is 242 g/mol. The van der Waals surface area contributed by atoms with E-state index >= 15 is 0 Å². The maximum atomic E-state index is 11.4. The molecular formula is C11H15NO2S2. The molecule has 1 atom stereocenters. The fourth-order valence-electron chi connectivity index (χ4n) is 1.65. The summed E-state index contributed by atoms with van der Waals surface area (Å²) < 4.78 is 22.9. The van der Waals surface area contributed by atoms with E-state index in [2.05, 4.69) is 12.2 Å². The molecule has 1 aliphatic rings. The number of sulfone groups is 1. The first-order valence-corrected chi connectivity index (χ1v) is 8.02. The van der Waals surface area contributed by atoms with Gasteiger partial charge >= 0.3 is 0 Å². The van der Waals surface area contributed by atoms with E-state index in [0.29, 0.717) is 10.1 Å². The Hall–Kier alpha value is -0.680. The van der Waals surface area contributed by atoms with Crippen LogP contribution in [0.1, 0.15) is 13.3 Å². The number of fused-ring (bicyclic) bond motifs is 1. The summed E-state index contributed by atoms with van der Waals surface area (Å²) >= 11 is 1.76. The normalized spacial score (nSPS) is 20.0. The van der Waals surface area contributed by atoms with Crippen molar-refractivity contribution in [1.29, 1.82) is 0 Å². The average Bonchev–Trinajstić information content (AvgIpc) is 2.26. The zero-order chi connectivity index (χ0) is 11.8.